The monoisotopic (exact) mass is 294 g/mol. The van der Waals surface area contributed by atoms with Gasteiger partial charge in [0.25, 0.3) is 0 Å². The molecule has 6 unspecified atom stereocenters. The van der Waals surface area contributed by atoms with Crippen LogP contribution in [0.2, 0.25) is 0 Å². The maximum absolute atomic E-state index is 11.4. The Hall–Kier alpha value is -1.06. The molecule has 6 atom stereocenters. The SMILES string of the molecule is CC(=O)OC1CC2CC3CCCCC3C2CC1OC(C)=O. The summed E-state index contributed by atoms with van der Waals surface area (Å²) in [6, 6.07) is 0. The Bertz CT molecular complexity index is 419. The summed E-state index contributed by atoms with van der Waals surface area (Å²) in [6.07, 6.45) is 7.93. The molecule has 118 valence electrons. The standard InChI is InChI=1S/C17H26O4/c1-10(18)20-16-8-13-7-12-5-3-4-6-14(12)15(13)9-17(16)21-11(2)19/h12-17H,3-9H2,1-2H3. The number of fused-ring (bicyclic) bond motifs is 3. The molecule has 0 amide bonds. The predicted molar refractivity (Wildman–Crippen MR) is 77.4 cm³/mol. The van der Waals surface area contributed by atoms with Crippen LogP contribution in [0.15, 0.2) is 0 Å². The van der Waals surface area contributed by atoms with Crippen molar-refractivity contribution >= 4 is 11.9 Å². The van der Waals surface area contributed by atoms with Crippen LogP contribution in [-0.2, 0) is 19.1 Å². The minimum absolute atomic E-state index is 0.242. The smallest absolute Gasteiger partial charge is 0.303 e. The molecule has 21 heavy (non-hydrogen) atoms. The summed E-state index contributed by atoms with van der Waals surface area (Å²) >= 11 is 0. The lowest BCUT2D eigenvalue weighted by Gasteiger charge is -2.39. The first kappa shape index (κ1) is 14.9. The largest absolute Gasteiger partial charge is 0.459 e. The van der Waals surface area contributed by atoms with Crippen LogP contribution < -0.4 is 0 Å². The van der Waals surface area contributed by atoms with Gasteiger partial charge in [-0.05, 0) is 49.4 Å². The van der Waals surface area contributed by atoms with Crippen molar-refractivity contribution in [1.29, 1.82) is 0 Å². The van der Waals surface area contributed by atoms with Crippen LogP contribution in [0.25, 0.3) is 0 Å². The van der Waals surface area contributed by atoms with E-state index in [1.54, 1.807) is 0 Å². The van der Waals surface area contributed by atoms with E-state index in [4.69, 9.17) is 9.47 Å². The first-order valence-corrected chi connectivity index (χ1v) is 8.39. The van der Waals surface area contributed by atoms with Crippen molar-refractivity contribution in [3.63, 3.8) is 0 Å². The third-order valence-electron chi connectivity index (χ3n) is 5.82. The van der Waals surface area contributed by atoms with Gasteiger partial charge in [-0.15, -0.1) is 0 Å². The second-order valence-electron chi connectivity index (χ2n) is 7.14. The molecule has 0 radical (unpaired) electrons. The number of carbonyl (C=O) groups excluding carboxylic acids is 2. The predicted octanol–water partition coefficient (Wildman–Crippen LogP) is 3.09. The lowest BCUT2D eigenvalue weighted by molar-refractivity contribution is -0.173. The van der Waals surface area contributed by atoms with Gasteiger partial charge in [0, 0.05) is 13.8 Å². The maximum atomic E-state index is 11.4. The van der Waals surface area contributed by atoms with E-state index >= 15 is 0 Å². The fourth-order valence-corrected chi connectivity index (χ4v) is 5.19. The average Bonchev–Trinajstić information content (AvgIpc) is 2.75. The van der Waals surface area contributed by atoms with Gasteiger partial charge < -0.3 is 9.47 Å². The number of carbonyl (C=O) groups is 2. The summed E-state index contributed by atoms with van der Waals surface area (Å²) in [5.74, 6) is 2.42. The quantitative estimate of drug-likeness (QED) is 0.734. The van der Waals surface area contributed by atoms with Gasteiger partial charge >= 0.3 is 11.9 Å². The van der Waals surface area contributed by atoms with Crippen LogP contribution in [0.4, 0.5) is 0 Å². The Kier molecular flexibility index (Phi) is 4.23. The van der Waals surface area contributed by atoms with Crippen molar-refractivity contribution in [3.05, 3.63) is 0 Å². The molecule has 0 bridgehead atoms. The van der Waals surface area contributed by atoms with Gasteiger partial charge in [0.1, 0.15) is 12.2 Å². The van der Waals surface area contributed by atoms with Crippen molar-refractivity contribution in [2.75, 3.05) is 0 Å². The second kappa shape index (κ2) is 5.98. The molecule has 0 aliphatic heterocycles. The first-order chi connectivity index (χ1) is 10.0. The summed E-state index contributed by atoms with van der Waals surface area (Å²) in [5, 5.41) is 0. The molecule has 0 aromatic heterocycles. The summed E-state index contributed by atoms with van der Waals surface area (Å²) in [4.78, 5) is 22.7. The number of esters is 2. The van der Waals surface area contributed by atoms with E-state index in [1.165, 1.54) is 46.0 Å². The Labute approximate surface area is 126 Å². The maximum Gasteiger partial charge on any atom is 0.303 e. The Morgan fingerprint density at radius 3 is 2.05 bits per heavy atom. The third kappa shape index (κ3) is 3.09. The third-order valence-corrected chi connectivity index (χ3v) is 5.82. The van der Waals surface area contributed by atoms with Crippen LogP contribution in [0, 0.1) is 23.7 Å². The molecule has 0 spiro atoms. The zero-order valence-corrected chi connectivity index (χ0v) is 13.0. The minimum atomic E-state index is -0.272. The molecule has 3 aliphatic carbocycles. The van der Waals surface area contributed by atoms with Crippen molar-refractivity contribution in [2.24, 2.45) is 23.7 Å². The van der Waals surface area contributed by atoms with Crippen LogP contribution in [0.3, 0.4) is 0 Å². The van der Waals surface area contributed by atoms with Gasteiger partial charge in [0.15, 0.2) is 0 Å². The Morgan fingerprint density at radius 1 is 0.762 bits per heavy atom. The molecule has 3 rings (SSSR count). The topological polar surface area (TPSA) is 52.6 Å². The lowest BCUT2D eigenvalue weighted by Crippen LogP contribution is -2.43. The highest BCUT2D eigenvalue weighted by atomic mass is 16.6. The summed E-state index contributed by atoms with van der Waals surface area (Å²) in [7, 11) is 0. The van der Waals surface area contributed by atoms with E-state index in [9.17, 15) is 9.59 Å². The number of hydrogen-bond donors (Lipinski definition) is 0. The van der Waals surface area contributed by atoms with Crippen LogP contribution in [0.5, 0.6) is 0 Å². The summed E-state index contributed by atoms with van der Waals surface area (Å²) in [5.41, 5.74) is 0. The molecule has 3 saturated carbocycles. The number of ether oxygens (including phenoxy) is 2. The molecule has 0 saturated heterocycles. The molecule has 0 N–H and O–H groups in total. The zero-order valence-electron chi connectivity index (χ0n) is 13.0. The normalized spacial score (nSPS) is 41.8. The Morgan fingerprint density at radius 2 is 1.38 bits per heavy atom. The molecule has 4 heteroatoms. The Balaban J connectivity index is 1.73. The van der Waals surface area contributed by atoms with Crippen molar-refractivity contribution in [2.45, 2.75) is 71.0 Å². The van der Waals surface area contributed by atoms with Gasteiger partial charge in [-0.25, -0.2) is 0 Å². The molecule has 0 aromatic rings. The molecule has 3 fully saturated rings. The molecule has 4 nitrogen and oxygen atoms in total. The van der Waals surface area contributed by atoms with E-state index in [-0.39, 0.29) is 24.1 Å². The second-order valence-corrected chi connectivity index (χ2v) is 7.14. The first-order valence-electron chi connectivity index (χ1n) is 8.39. The zero-order chi connectivity index (χ0) is 15.0. The fourth-order valence-electron chi connectivity index (χ4n) is 5.19. The minimum Gasteiger partial charge on any atom is -0.459 e. The highest BCUT2D eigenvalue weighted by molar-refractivity contribution is 5.67. The van der Waals surface area contributed by atoms with E-state index in [0.717, 1.165) is 24.7 Å². The number of hydrogen-bond acceptors (Lipinski definition) is 4. The van der Waals surface area contributed by atoms with Crippen molar-refractivity contribution in [1.82, 2.24) is 0 Å². The summed E-state index contributed by atoms with van der Waals surface area (Å²) in [6.45, 7) is 2.88. The van der Waals surface area contributed by atoms with Gasteiger partial charge in [-0.2, -0.15) is 0 Å². The van der Waals surface area contributed by atoms with E-state index in [2.05, 4.69) is 0 Å². The van der Waals surface area contributed by atoms with Gasteiger partial charge in [0.2, 0.25) is 0 Å². The van der Waals surface area contributed by atoms with E-state index < -0.39 is 0 Å². The molecule has 3 aliphatic rings. The summed E-state index contributed by atoms with van der Waals surface area (Å²) < 4.78 is 10.9. The van der Waals surface area contributed by atoms with Gasteiger partial charge in [-0.3, -0.25) is 9.59 Å². The van der Waals surface area contributed by atoms with Crippen LogP contribution in [-0.4, -0.2) is 24.1 Å². The van der Waals surface area contributed by atoms with Gasteiger partial charge in [0.05, 0.1) is 0 Å². The van der Waals surface area contributed by atoms with Crippen LogP contribution >= 0.6 is 0 Å². The lowest BCUT2D eigenvalue weighted by atomic mass is 9.72. The highest BCUT2D eigenvalue weighted by Crippen LogP contribution is 2.54. The molecule has 0 aromatic carbocycles. The molecular weight excluding hydrogens is 268 g/mol. The highest BCUT2D eigenvalue weighted by Gasteiger charge is 2.50. The molecule has 0 heterocycles. The number of rotatable bonds is 2. The van der Waals surface area contributed by atoms with Crippen LogP contribution in [0.1, 0.15) is 58.8 Å². The van der Waals surface area contributed by atoms with E-state index in [0.29, 0.717) is 11.8 Å². The molecular formula is C17H26O4. The van der Waals surface area contributed by atoms with Crippen molar-refractivity contribution in [3.8, 4) is 0 Å². The van der Waals surface area contributed by atoms with E-state index in [1.807, 2.05) is 0 Å². The average molecular weight is 294 g/mol. The van der Waals surface area contributed by atoms with Crippen molar-refractivity contribution < 1.29 is 19.1 Å². The fraction of sp³-hybridized carbons (Fsp3) is 0.882. The van der Waals surface area contributed by atoms with Gasteiger partial charge in [-0.1, -0.05) is 19.3 Å².